The highest BCUT2D eigenvalue weighted by molar-refractivity contribution is 5.69. The number of alkyl halides is 3. The van der Waals surface area contributed by atoms with Crippen LogP contribution in [0.5, 0.6) is 0 Å². The lowest BCUT2D eigenvalue weighted by Crippen LogP contribution is -2.30. The number of halogens is 3. The molecule has 0 fully saturated rings. The maximum atomic E-state index is 12.7. The van der Waals surface area contributed by atoms with E-state index >= 15 is 0 Å². The molecular weight excluding hydrogens is 367 g/mol. The Kier molecular flexibility index (Phi) is 4.56. The number of aliphatic hydroxyl groups is 1. The summed E-state index contributed by atoms with van der Waals surface area (Å²) < 4.78 is 39.3. The van der Waals surface area contributed by atoms with Gasteiger partial charge in [0.25, 0.3) is 0 Å². The van der Waals surface area contributed by atoms with Gasteiger partial charge in [-0.15, -0.1) is 0 Å². The van der Waals surface area contributed by atoms with E-state index in [2.05, 4.69) is 10.1 Å². The molecule has 2 aromatic heterocycles. The summed E-state index contributed by atoms with van der Waals surface area (Å²) in [5.74, 6) is -1.59. The van der Waals surface area contributed by atoms with Gasteiger partial charge in [0.15, 0.2) is 11.1 Å². The van der Waals surface area contributed by atoms with Gasteiger partial charge in [-0.1, -0.05) is 12.1 Å². The van der Waals surface area contributed by atoms with Crippen molar-refractivity contribution >= 4 is 17.4 Å². The van der Waals surface area contributed by atoms with E-state index in [9.17, 15) is 27.9 Å². The molecule has 0 atom stereocenters. The Bertz CT molecular complexity index is 1120. The molecule has 0 aliphatic heterocycles. The highest BCUT2D eigenvalue weighted by atomic mass is 19.4. The van der Waals surface area contributed by atoms with Crippen molar-refractivity contribution in [2.75, 3.05) is 0 Å². The molecule has 2 N–H and O–H groups in total. The zero-order valence-electron chi connectivity index (χ0n) is 13.6. The molecule has 0 spiro atoms. The minimum Gasteiger partial charge on any atom is -0.511 e. The number of aliphatic hydroxyl groups excluding tert-OH is 1. The summed E-state index contributed by atoms with van der Waals surface area (Å²) in [6.07, 6.45) is -4.02. The fraction of sp³-hybridized carbons (Fsp3) is 0.176. The van der Waals surface area contributed by atoms with Crippen molar-refractivity contribution in [1.29, 1.82) is 0 Å². The van der Waals surface area contributed by atoms with Gasteiger partial charge < -0.3 is 10.2 Å². The third-order valence-corrected chi connectivity index (χ3v) is 3.89. The molecule has 27 heavy (non-hydrogen) atoms. The fourth-order valence-electron chi connectivity index (χ4n) is 2.61. The SMILES string of the molecule is O=C(O)CCC(O)=c1c(=O)cc(-c2ccc(C(F)(F)F)cc2)n2ncnc12. The Morgan fingerprint density at radius 2 is 1.78 bits per heavy atom. The van der Waals surface area contributed by atoms with Gasteiger partial charge in [-0.2, -0.15) is 18.3 Å². The molecule has 0 bridgehead atoms. The van der Waals surface area contributed by atoms with Gasteiger partial charge in [-0.3, -0.25) is 9.59 Å². The summed E-state index contributed by atoms with van der Waals surface area (Å²) in [4.78, 5) is 27.0. The first-order valence-corrected chi connectivity index (χ1v) is 7.67. The number of pyridine rings is 1. The van der Waals surface area contributed by atoms with Gasteiger partial charge in [-0.05, 0) is 12.1 Å². The maximum Gasteiger partial charge on any atom is 0.416 e. The zero-order chi connectivity index (χ0) is 19.8. The van der Waals surface area contributed by atoms with E-state index in [-0.39, 0.29) is 29.4 Å². The summed E-state index contributed by atoms with van der Waals surface area (Å²) in [6.45, 7) is 0. The molecule has 3 rings (SSSR count). The number of hydrogen-bond acceptors (Lipinski definition) is 5. The molecule has 10 heteroatoms. The Balaban J connectivity index is 2.17. The van der Waals surface area contributed by atoms with Crippen LogP contribution in [0.15, 0.2) is 41.5 Å². The molecule has 0 aliphatic carbocycles. The number of carboxylic acids is 1. The number of rotatable bonds is 4. The van der Waals surface area contributed by atoms with Gasteiger partial charge >= 0.3 is 12.1 Å². The number of nitrogens with zero attached hydrogens (tertiary/aromatic N) is 3. The second kappa shape index (κ2) is 6.71. The summed E-state index contributed by atoms with van der Waals surface area (Å²) in [5.41, 5.74) is -1.00. The van der Waals surface area contributed by atoms with Crippen molar-refractivity contribution < 1.29 is 28.2 Å². The van der Waals surface area contributed by atoms with Gasteiger partial charge in [0.05, 0.1) is 17.7 Å². The third kappa shape index (κ3) is 3.59. The minimum atomic E-state index is -4.49. The molecule has 7 nitrogen and oxygen atoms in total. The van der Waals surface area contributed by atoms with E-state index in [0.717, 1.165) is 24.5 Å². The van der Waals surface area contributed by atoms with Crippen LogP contribution in [0.3, 0.4) is 0 Å². The molecule has 140 valence electrons. The first-order valence-electron chi connectivity index (χ1n) is 7.67. The molecule has 1 aromatic carbocycles. The van der Waals surface area contributed by atoms with Gasteiger partial charge in [0.2, 0.25) is 0 Å². The Morgan fingerprint density at radius 3 is 2.37 bits per heavy atom. The van der Waals surface area contributed by atoms with E-state index in [1.807, 2.05) is 0 Å². The number of hydrogen-bond donors (Lipinski definition) is 2. The standard InChI is InChI=1S/C17H12F3N3O4/c18-17(19,20)10-3-1-9(2-4-10)11-7-13(25)15(12(24)5-6-14(26)27)16-21-8-22-23(11)16/h1-4,7-8,24H,5-6H2,(H,26,27). The van der Waals surface area contributed by atoms with E-state index in [4.69, 9.17) is 5.11 Å². The number of carbonyl (C=O) groups is 1. The number of aliphatic carboxylic acids is 1. The van der Waals surface area contributed by atoms with Crippen LogP contribution in [-0.4, -0.2) is 30.8 Å². The number of aromatic nitrogens is 3. The van der Waals surface area contributed by atoms with E-state index in [1.165, 1.54) is 16.6 Å². The highest BCUT2D eigenvalue weighted by Gasteiger charge is 2.30. The number of carboxylic acid groups (broad SMARTS) is 1. The minimum absolute atomic E-state index is 0.0136. The average Bonchev–Trinajstić information content (AvgIpc) is 3.07. The van der Waals surface area contributed by atoms with E-state index in [0.29, 0.717) is 5.56 Å². The molecule has 0 aliphatic rings. The lowest BCUT2D eigenvalue weighted by Gasteiger charge is -2.09. The summed E-state index contributed by atoms with van der Waals surface area (Å²) in [6, 6.07) is 5.27. The second-order valence-electron chi connectivity index (χ2n) is 5.68. The van der Waals surface area contributed by atoms with Crippen molar-refractivity contribution in [3.8, 4) is 11.3 Å². The molecule has 0 radical (unpaired) electrons. The number of benzene rings is 1. The predicted octanol–water partition coefficient (Wildman–Crippen LogP) is 2.03. The molecule has 3 aromatic rings. The summed E-state index contributed by atoms with van der Waals surface area (Å²) in [7, 11) is 0. The average molecular weight is 379 g/mol. The topological polar surface area (TPSA) is 105 Å². The van der Waals surface area contributed by atoms with Crippen LogP contribution in [0.25, 0.3) is 22.7 Å². The maximum absolute atomic E-state index is 12.7. The Hall–Kier alpha value is -3.43. The third-order valence-electron chi connectivity index (χ3n) is 3.89. The van der Waals surface area contributed by atoms with Crippen molar-refractivity contribution in [3.63, 3.8) is 0 Å². The summed E-state index contributed by atoms with van der Waals surface area (Å²) >= 11 is 0. The Labute approximate surface area is 149 Å². The second-order valence-corrected chi connectivity index (χ2v) is 5.68. The van der Waals surface area contributed by atoms with Crippen LogP contribution in [-0.2, 0) is 11.0 Å². The number of fused-ring (bicyclic) bond motifs is 1. The van der Waals surface area contributed by atoms with E-state index in [1.54, 1.807) is 0 Å². The van der Waals surface area contributed by atoms with Gasteiger partial charge in [0, 0.05) is 18.1 Å². The molecule has 2 heterocycles. The Morgan fingerprint density at radius 1 is 1.11 bits per heavy atom. The normalized spacial score (nSPS) is 13.0. The van der Waals surface area contributed by atoms with E-state index < -0.39 is 28.9 Å². The van der Waals surface area contributed by atoms with Crippen LogP contribution < -0.4 is 10.6 Å². The zero-order valence-corrected chi connectivity index (χ0v) is 13.6. The highest BCUT2D eigenvalue weighted by Crippen LogP contribution is 2.30. The van der Waals surface area contributed by atoms with Crippen LogP contribution in [0.1, 0.15) is 18.4 Å². The van der Waals surface area contributed by atoms with Crippen LogP contribution in [0, 0.1) is 0 Å². The lowest BCUT2D eigenvalue weighted by atomic mass is 10.1. The van der Waals surface area contributed by atoms with Gasteiger partial charge in [0.1, 0.15) is 17.3 Å². The first-order chi connectivity index (χ1) is 12.7. The molecule has 0 saturated carbocycles. The quantitative estimate of drug-likeness (QED) is 0.719. The smallest absolute Gasteiger partial charge is 0.416 e. The fourth-order valence-corrected chi connectivity index (χ4v) is 2.61. The van der Waals surface area contributed by atoms with Crippen molar-refractivity contribution in [1.82, 2.24) is 14.6 Å². The molecule has 0 amide bonds. The largest absolute Gasteiger partial charge is 0.511 e. The lowest BCUT2D eigenvalue weighted by molar-refractivity contribution is -0.138. The molecular formula is C17H12F3N3O4. The molecule has 0 unspecified atom stereocenters. The van der Waals surface area contributed by atoms with Crippen LogP contribution in [0.4, 0.5) is 13.2 Å². The van der Waals surface area contributed by atoms with Crippen molar-refractivity contribution in [2.24, 2.45) is 0 Å². The first kappa shape index (κ1) is 18.4. The van der Waals surface area contributed by atoms with Crippen LogP contribution >= 0.6 is 0 Å². The predicted molar refractivity (Wildman–Crippen MR) is 87.8 cm³/mol. The summed E-state index contributed by atoms with van der Waals surface area (Å²) in [5, 5.41) is 22.6. The van der Waals surface area contributed by atoms with Crippen LogP contribution in [0.2, 0.25) is 0 Å². The van der Waals surface area contributed by atoms with Crippen molar-refractivity contribution in [2.45, 2.75) is 19.0 Å². The van der Waals surface area contributed by atoms with Gasteiger partial charge in [-0.25, -0.2) is 9.50 Å². The molecule has 0 saturated heterocycles. The monoisotopic (exact) mass is 379 g/mol. The van der Waals surface area contributed by atoms with Crippen molar-refractivity contribution in [3.05, 3.63) is 57.7 Å².